The van der Waals surface area contributed by atoms with Crippen LogP contribution in [-0.4, -0.2) is 40.3 Å². The van der Waals surface area contributed by atoms with Crippen molar-refractivity contribution in [3.8, 4) is 11.5 Å². The molecule has 2 amide bonds. The number of thioether (sulfide) groups is 1. The van der Waals surface area contributed by atoms with Crippen molar-refractivity contribution in [2.75, 3.05) is 14.2 Å². The minimum absolute atomic E-state index is 0.0269. The maximum absolute atomic E-state index is 12.7. The van der Waals surface area contributed by atoms with Crippen molar-refractivity contribution in [2.45, 2.75) is 0 Å². The first kappa shape index (κ1) is 21.3. The monoisotopic (exact) mass is 445 g/mol. The van der Waals surface area contributed by atoms with E-state index in [1.54, 1.807) is 24.3 Å². The van der Waals surface area contributed by atoms with Crippen molar-refractivity contribution in [1.29, 1.82) is 0 Å². The fraction of sp³-hybridized carbons (Fsp3) is 0.105. The summed E-state index contributed by atoms with van der Waals surface area (Å²) in [5.41, 5.74) is 2.81. The fourth-order valence-electron chi connectivity index (χ4n) is 2.57. The Morgan fingerprint density at radius 2 is 2.00 bits per heavy atom. The van der Waals surface area contributed by atoms with Gasteiger partial charge in [-0.25, -0.2) is 0 Å². The van der Waals surface area contributed by atoms with Gasteiger partial charge in [-0.15, -0.1) is 0 Å². The number of ether oxygens (including phenoxy) is 2. The molecule has 0 saturated carbocycles. The Labute approximate surface area is 180 Å². The van der Waals surface area contributed by atoms with E-state index in [-0.39, 0.29) is 20.5 Å². The zero-order chi connectivity index (χ0) is 21.8. The second kappa shape index (κ2) is 8.93. The number of nitrogens with one attached hydrogen (secondary N) is 1. The zero-order valence-corrected chi connectivity index (χ0v) is 17.4. The number of rotatable bonds is 6. The summed E-state index contributed by atoms with van der Waals surface area (Å²) in [6.07, 6.45) is 1.59. The number of non-ortho nitro benzene ring substituents is 1. The molecule has 3 rings (SSSR count). The third-order valence-corrected chi connectivity index (χ3v) is 5.36. The molecule has 1 N–H and O–H groups in total. The van der Waals surface area contributed by atoms with Gasteiger partial charge in [-0.3, -0.25) is 25.1 Å². The number of amides is 2. The summed E-state index contributed by atoms with van der Waals surface area (Å²) in [7, 11) is 3.03. The van der Waals surface area contributed by atoms with Crippen molar-refractivity contribution < 1.29 is 24.0 Å². The molecular weight excluding hydrogens is 430 g/mol. The minimum Gasteiger partial charge on any atom is -0.497 e. The van der Waals surface area contributed by atoms with Crippen LogP contribution in [0, 0.1) is 10.1 Å². The van der Waals surface area contributed by atoms with Crippen LogP contribution in [0.5, 0.6) is 11.5 Å². The highest BCUT2D eigenvalue weighted by Crippen LogP contribution is 2.34. The lowest BCUT2D eigenvalue weighted by Gasteiger charge is -2.15. The maximum atomic E-state index is 12.7. The topological polar surface area (TPSA) is 111 Å². The van der Waals surface area contributed by atoms with E-state index in [0.29, 0.717) is 17.1 Å². The minimum atomic E-state index is -0.696. The van der Waals surface area contributed by atoms with E-state index < -0.39 is 16.7 Å². The van der Waals surface area contributed by atoms with Gasteiger partial charge in [-0.1, -0.05) is 17.8 Å². The highest BCUT2D eigenvalue weighted by atomic mass is 32.2. The van der Waals surface area contributed by atoms with Crippen LogP contribution in [0.1, 0.15) is 15.9 Å². The predicted molar refractivity (Wildman–Crippen MR) is 115 cm³/mol. The van der Waals surface area contributed by atoms with E-state index in [0.717, 1.165) is 22.8 Å². The lowest BCUT2D eigenvalue weighted by Crippen LogP contribution is -2.44. The average Bonchev–Trinajstić information content (AvgIpc) is 3.01. The third-order valence-electron chi connectivity index (χ3n) is 4.05. The molecule has 1 heterocycles. The predicted octanol–water partition coefficient (Wildman–Crippen LogP) is 3.16. The Bertz CT molecular complexity index is 1090. The molecule has 30 heavy (non-hydrogen) atoms. The van der Waals surface area contributed by atoms with E-state index in [2.05, 4.69) is 5.43 Å². The highest BCUT2D eigenvalue weighted by molar-refractivity contribution is 8.26. The molecular formula is C19H15N3O6S2. The van der Waals surface area contributed by atoms with Gasteiger partial charge in [0.15, 0.2) is 4.32 Å². The first-order valence-electron chi connectivity index (χ1n) is 8.39. The number of carbonyl (C=O) groups is 2. The molecule has 0 atom stereocenters. The number of hydrogen-bond donors (Lipinski definition) is 1. The number of thiocarbonyl (C=S) groups is 1. The van der Waals surface area contributed by atoms with E-state index in [9.17, 15) is 19.7 Å². The van der Waals surface area contributed by atoms with Crippen molar-refractivity contribution in [3.63, 3.8) is 0 Å². The van der Waals surface area contributed by atoms with Gasteiger partial charge in [0.05, 0.1) is 24.0 Å². The number of nitro groups is 1. The Hall–Kier alpha value is -3.44. The van der Waals surface area contributed by atoms with Crippen LogP contribution in [0.15, 0.2) is 47.4 Å². The molecule has 1 saturated heterocycles. The third kappa shape index (κ3) is 4.42. The fourth-order valence-corrected chi connectivity index (χ4v) is 3.74. The van der Waals surface area contributed by atoms with E-state index in [4.69, 9.17) is 21.7 Å². The number of methoxy groups -OCH3 is 2. The number of hydrazine groups is 1. The summed E-state index contributed by atoms with van der Waals surface area (Å²) in [5.74, 6) is -0.124. The van der Waals surface area contributed by atoms with Gasteiger partial charge in [0.25, 0.3) is 17.5 Å². The molecule has 1 fully saturated rings. The molecule has 0 aliphatic carbocycles. The van der Waals surface area contributed by atoms with Crippen molar-refractivity contribution in [3.05, 3.63) is 68.6 Å². The van der Waals surface area contributed by atoms with E-state index in [1.165, 1.54) is 32.4 Å². The second-order valence-electron chi connectivity index (χ2n) is 5.87. The van der Waals surface area contributed by atoms with Gasteiger partial charge < -0.3 is 9.47 Å². The van der Waals surface area contributed by atoms with Crippen LogP contribution in [0.4, 0.5) is 5.69 Å². The Kier molecular flexibility index (Phi) is 6.33. The summed E-state index contributed by atoms with van der Waals surface area (Å²) in [6, 6.07) is 10.3. The van der Waals surface area contributed by atoms with Crippen molar-refractivity contribution in [2.24, 2.45) is 0 Å². The van der Waals surface area contributed by atoms with Crippen LogP contribution in [0.3, 0.4) is 0 Å². The Morgan fingerprint density at radius 3 is 2.67 bits per heavy atom. The SMILES string of the molecule is COc1ccc(/C=C2\SC(=S)N(NC(=O)c3cccc([N+](=O)[O-])c3)C2=O)c(OC)c1. The molecule has 2 aromatic rings. The smallest absolute Gasteiger partial charge is 0.285 e. The molecule has 11 heteroatoms. The summed E-state index contributed by atoms with van der Waals surface area (Å²) < 4.78 is 10.6. The molecule has 2 aromatic carbocycles. The van der Waals surface area contributed by atoms with Crippen LogP contribution in [0.25, 0.3) is 6.08 Å². The van der Waals surface area contributed by atoms with Crippen LogP contribution in [-0.2, 0) is 4.79 Å². The van der Waals surface area contributed by atoms with Gasteiger partial charge in [-0.2, -0.15) is 5.01 Å². The Morgan fingerprint density at radius 1 is 1.23 bits per heavy atom. The number of benzene rings is 2. The molecule has 1 aliphatic heterocycles. The van der Waals surface area contributed by atoms with Gasteiger partial charge in [0.1, 0.15) is 11.5 Å². The molecule has 9 nitrogen and oxygen atoms in total. The van der Waals surface area contributed by atoms with Gasteiger partial charge in [-0.05, 0) is 36.5 Å². The quantitative estimate of drug-likeness (QED) is 0.312. The zero-order valence-electron chi connectivity index (χ0n) is 15.8. The van der Waals surface area contributed by atoms with E-state index in [1.807, 2.05) is 0 Å². The Balaban J connectivity index is 1.81. The number of hydrogen-bond acceptors (Lipinski definition) is 8. The first-order chi connectivity index (χ1) is 14.3. The lowest BCUT2D eigenvalue weighted by atomic mass is 10.1. The normalized spacial score (nSPS) is 14.7. The summed E-state index contributed by atoms with van der Waals surface area (Å²) in [6.45, 7) is 0. The van der Waals surface area contributed by atoms with Gasteiger partial charge in [0, 0.05) is 29.3 Å². The van der Waals surface area contributed by atoms with Gasteiger partial charge >= 0.3 is 0 Å². The number of carbonyl (C=O) groups excluding carboxylic acids is 2. The maximum Gasteiger partial charge on any atom is 0.285 e. The molecule has 0 spiro atoms. The molecule has 0 bridgehead atoms. The summed E-state index contributed by atoms with van der Waals surface area (Å²) in [5, 5.41) is 11.8. The highest BCUT2D eigenvalue weighted by Gasteiger charge is 2.34. The first-order valence-corrected chi connectivity index (χ1v) is 9.62. The summed E-state index contributed by atoms with van der Waals surface area (Å²) >= 11 is 6.21. The molecule has 0 unspecified atom stereocenters. The van der Waals surface area contributed by atoms with Crippen LogP contribution < -0.4 is 14.9 Å². The standard InChI is InChI=1S/C19H15N3O6S2/c1-27-14-7-6-11(15(10-14)28-2)9-16-18(24)21(19(29)30-16)20-17(23)12-4-3-5-13(8-12)22(25)26/h3-10H,1-2H3,(H,20,23)/b16-9-. The number of nitrogens with zero attached hydrogens (tertiary/aromatic N) is 2. The summed E-state index contributed by atoms with van der Waals surface area (Å²) in [4.78, 5) is 35.8. The molecule has 0 aromatic heterocycles. The van der Waals surface area contributed by atoms with Crippen LogP contribution in [0.2, 0.25) is 0 Å². The largest absolute Gasteiger partial charge is 0.497 e. The molecule has 1 aliphatic rings. The molecule has 0 radical (unpaired) electrons. The lowest BCUT2D eigenvalue weighted by molar-refractivity contribution is -0.384. The van der Waals surface area contributed by atoms with Crippen molar-refractivity contribution in [1.82, 2.24) is 10.4 Å². The van der Waals surface area contributed by atoms with Crippen LogP contribution >= 0.6 is 24.0 Å². The average molecular weight is 445 g/mol. The van der Waals surface area contributed by atoms with Gasteiger partial charge in [0.2, 0.25) is 0 Å². The van der Waals surface area contributed by atoms with E-state index >= 15 is 0 Å². The second-order valence-corrected chi connectivity index (χ2v) is 7.55. The molecule has 154 valence electrons. The number of nitro benzene ring substituents is 1. The van der Waals surface area contributed by atoms with Crippen molar-refractivity contribution >= 4 is 51.9 Å².